The van der Waals surface area contributed by atoms with Crippen LogP contribution in [0.2, 0.25) is 0 Å². The number of hydrogen-bond acceptors (Lipinski definition) is 5. The highest BCUT2D eigenvalue weighted by Gasteiger charge is 2.53. The van der Waals surface area contributed by atoms with Crippen molar-refractivity contribution < 1.29 is 14.0 Å². The van der Waals surface area contributed by atoms with Gasteiger partial charge in [-0.25, -0.2) is 4.39 Å². The average Bonchev–Trinajstić information content (AvgIpc) is 3.49. The second kappa shape index (κ2) is 7.33. The Morgan fingerprint density at radius 3 is 2.93 bits per heavy atom. The first-order valence-electron chi connectivity index (χ1n) is 10.8. The summed E-state index contributed by atoms with van der Waals surface area (Å²) in [6, 6.07) is 5.80. The van der Waals surface area contributed by atoms with E-state index in [1.807, 2.05) is 15.9 Å². The molecule has 3 saturated heterocycles. The number of rotatable bonds is 4. The van der Waals surface area contributed by atoms with Crippen LogP contribution in [0.25, 0.3) is 0 Å². The van der Waals surface area contributed by atoms with Gasteiger partial charge in [-0.05, 0) is 55.4 Å². The van der Waals surface area contributed by atoms with Gasteiger partial charge >= 0.3 is 0 Å². The predicted molar refractivity (Wildman–Crippen MR) is 106 cm³/mol. The van der Waals surface area contributed by atoms with E-state index in [1.54, 1.807) is 11.0 Å². The SMILES string of the molecule is N#C[C@@H]1CCCN1C(=O)[C@@H](N)CN1C[C@H]2C[C@@H]1C(=O)N2[C@H]1CCc2cc(F)ccc21. The molecule has 2 bridgehead atoms. The van der Waals surface area contributed by atoms with E-state index >= 15 is 0 Å². The van der Waals surface area contributed by atoms with Crippen molar-refractivity contribution in [3.05, 3.63) is 35.1 Å². The van der Waals surface area contributed by atoms with E-state index in [2.05, 4.69) is 6.07 Å². The zero-order valence-corrected chi connectivity index (χ0v) is 16.8. The zero-order valence-electron chi connectivity index (χ0n) is 16.8. The zero-order chi connectivity index (χ0) is 21.0. The van der Waals surface area contributed by atoms with E-state index < -0.39 is 6.04 Å². The van der Waals surface area contributed by atoms with Gasteiger partial charge in [0.05, 0.1) is 24.2 Å². The first-order valence-corrected chi connectivity index (χ1v) is 10.8. The number of amides is 2. The van der Waals surface area contributed by atoms with Gasteiger partial charge in [0.15, 0.2) is 0 Å². The van der Waals surface area contributed by atoms with E-state index in [0.29, 0.717) is 26.1 Å². The Labute approximate surface area is 175 Å². The molecule has 3 heterocycles. The van der Waals surface area contributed by atoms with Crippen LogP contribution in [0.5, 0.6) is 0 Å². The van der Waals surface area contributed by atoms with Crippen LogP contribution in [0.1, 0.15) is 42.9 Å². The molecular formula is C22H26FN5O2. The number of hydrogen-bond donors (Lipinski definition) is 1. The summed E-state index contributed by atoms with van der Waals surface area (Å²) in [7, 11) is 0. The Kier molecular flexibility index (Phi) is 4.75. The molecule has 7 nitrogen and oxygen atoms in total. The molecule has 3 fully saturated rings. The molecule has 0 unspecified atom stereocenters. The number of piperazine rings is 1. The third-order valence-electron chi connectivity index (χ3n) is 7.23. The van der Waals surface area contributed by atoms with Crippen LogP contribution >= 0.6 is 0 Å². The fourth-order valence-electron chi connectivity index (χ4n) is 5.86. The molecule has 1 aromatic rings. The van der Waals surface area contributed by atoms with Crippen molar-refractivity contribution in [2.75, 3.05) is 19.6 Å². The van der Waals surface area contributed by atoms with Crippen LogP contribution in [0, 0.1) is 17.1 Å². The lowest BCUT2D eigenvalue weighted by molar-refractivity contribution is -0.141. The molecule has 4 aliphatic rings. The van der Waals surface area contributed by atoms with Gasteiger partial charge in [0.1, 0.15) is 11.9 Å². The van der Waals surface area contributed by atoms with Crippen LogP contribution < -0.4 is 5.73 Å². The second-order valence-electron chi connectivity index (χ2n) is 8.93. The second-order valence-corrected chi connectivity index (χ2v) is 8.93. The highest BCUT2D eigenvalue weighted by atomic mass is 19.1. The average molecular weight is 411 g/mol. The Bertz CT molecular complexity index is 931. The summed E-state index contributed by atoms with van der Waals surface area (Å²) in [4.78, 5) is 31.5. The van der Waals surface area contributed by atoms with E-state index in [0.717, 1.165) is 36.8 Å². The number of nitrogens with two attached hydrogens (primary N) is 1. The highest BCUT2D eigenvalue weighted by molar-refractivity contribution is 5.87. The van der Waals surface area contributed by atoms with E-state index in [9.17, 15) is 19.2 Å². The molecule has 2 N–H and O–H groups in total. The van der Waals surface area contributed by atoms with Crippen LogP contribution in [-0.4, -0.2) is 70.3 Å². The fraction of sp³-hybridized carbons (Fsp3) is 0.591. The van der Waals surface area contributed by atoms with E-state index in [-0.39, 0.29) is 41.8 Å². The van der Waals surface area contributed by atoms with Gasteiger partial charge in [0.25, 0.3) is 0 Å². The Morgan fingerprint density at radius 2 is 2.17 bits per heavy atom. The van der Waals surface area contributed by atoms with Crippen LogP contribution in [0.3, 0.4) is 0 Å². The molecule has 1 aromatic carbocycles. The van der Waals surface area contributed by atoms with Crippen LogP contribution in [0.15, 0.2) is 18.2 Å². The molecule has 158 valence electrons. The maximum absolute atomic E-state index is 13.5. The molecule has 0 saturated carbocycles. The van der Waals surface area contributed by atoms with Crippen molar-refractivity contribution in [1.82, 2.24) is 14.7 Å². The Hall–Kier alpha value is -2.50. The van der Waals surface area contributed by atoms with Gasteiger partial charge < -0.3 is 15.5 Å². The van der Waals surface area contributed by atoms with Crippen LogP contribution in [-0.2, 0) is 16.0 Å². The normalized spacial score (nSPS) is 31.3. The first kappa shape index (κ1) is 19.5. The number of nitriles is 1. The third kappa shape index (κ3) is 2.99. The topological polar surface area (TPSA) is 93.7 Å². The van der Waals surface area contributed by atoms with Crippen molar-refractivity contribution in [1.29, 1.82) is 5.26 Å². The summed E-state index contributed by atoms with van der Waals surface area (Å²) in [6.45, 7) is 1.61. The lowest BCUT2D eigenvalue weighted by atomic mass is 10.1. The van der Waals surface area contributed by atoms with Gasteiger partial charge in [-0.3, -0.25) is 14.5 Å². The number of aryl methyl sites for hydroxylation is 1. The summed E-state index contributed by atoms with van der Waals surface area (Å²) in [5.74, 6) is -0.341. The number of benzene rings is 1. The molecule has 5 atom stereocenters. The third-order valence-corrected chi connectivity index (χ3v) is 7.23. The largest absolute Gasteiger partial charge is 0.330 e. The van der Waals surface area contributed by atoms with Crippen molar-refractivity contribution in [2.45, 2.75) is 62.3 Å². The van der Waals surface area contributed by atoms with Gasteiger partial charge in [0.2, 0.25) is 11.8 Å². The first-order chi connectivity index (χ1) is 14.5. The van der Waals surface area contributed by atoms with Crippen LogP contribution in [0.4, 0.5) is 4.39 Å². The molecule has 0 radical (unpaired) electrons. The summed E-state index contributed by atoms with van der Waals surface area (Å²) in [5, 5.41) is 9.22. The highest BCUT2D eigenvalue weighted by Crippen LogP contribution is 2.43. The quantitative estimate of drug-likeness (QED) is 0.796. The molecular weight excluding hydrogens is 385 g/mol. The number of carbonyl (C=O) groups excluding carboxylic acids is 2. The fourth-order valence-corrected chi connectivity index (χ4v) is 5.86. The molecule has 8 heteroatoms. The number of likely N-dealkylation sites (tertiary alicyclic amines) is 3. The van der Waals surface area contributed by atoms with Gasteiger partial charge in [-0.2, -0.15) is 5.26 Å². The number of carbonyl (C=O) groups is 2. The van der Waals surface area contributed by atoms with E-state index in [1.165, 1.54) is 6.07 Å². The molecule has 30 heavy (non-hydrogen) atoms. The summed E-state index contributed by atoms with van der Waals surface area (Å²) >= 11 is 0. The Balaban J connectivity index is 1.25. The molecule has 1 aliphatic carbocycles. The van der Waals surface area contributed by atoms with Gasteiger partial charge in [0, 0.05) is 25.7 Å². The minimum Gasteiger partial charge on any atom is -0.330 e. The van der Waals surface area contributed by atoms with Gasteiger partial charge in [-0.1, -0.05) is 6.07 Å². The molecule has 2 amide bonds. The standard InChI is InChI=1S/C22H26FN5O2/c23-14-4-5-17-13(8-14)3-6-19(17)28-16-9-20(22(28)30)26(11-16)12-18(25)21(29)27-7-1-2-15(27)10-24/h4-5,8,15-16,18-20H,1-3,6-7,9,11-12,25H2/t15-,16+,18-,19-,20+/m0/s1. The molecule has 0 spiro atoms. The number of fused-ring (bicyclic) bond motifs is 3. The lowest BCUT2D eigenvalue weighted by Gasteiger charge is -2.38. The van der Waals surface area contributed by atoms with Crippen molar-refractivity contribution >= 4 is 11.8 Å². The lowest BCUT2D eigenvalue weighted by Crippen LogP contribution is -2.56. The maximum Gasteiger partial charge on any atom is 0.241 e. The van der Waals surface area contributed by atoms with Crippen molar-refractivity contribution in [2.24, 2.45) is 5.73 Å². The molecule has 3 aliphatic heterocycles. The molecule has 5 rings (SSSR count). The van der Waals surface area contributed by atoms with Gasteiger partial charge in [-0.15, -0.1) is 0 Å². The predicted octanol–water partition coefficient (Wildman–Crippen LogP) is 0.940. The van der Waals surface area contributed by atoms with Crippen molar-refractivity contribution in [3.8, 4) is 6.07 Å². The van der Waals surface area contributed by atoms with E-state index in [4.69, 9.17) is 5.73 Å². The number of halogens is 1. The minimum absolute atomic E-state index is 0.0153. The monoisotopic (exact) mass is 411 g/mol. The summed E-state index contributed by atoms with van der Waals surface area (Å²) < 4.78 is 13.5. The summed E-state index contributed by atoms with van der Waals surface area (Å²) in [5.41, 5.74) is 8.26. The molecule has 0 aromatic heterocycles. The van der Waals surface area contributed by atoms with Crippen molar-refractivity contribution in [3.63, 3.8) is 0 Å². The summed E-state index contributed by atoms with van der Waals surface area (Å²) in [6.07, 6.45) is 3.89. The maximum atomic E-state index is 13.5. The Morgan fingerprint density at radius 1 is 1.33 bits per heavy atom. The minimum atomic E-state index is -0.727. The smallest absolute Gasteiger partial charge is 0.241 e. The number of nitrogens with zero attached hydrogens (tertiary/aromatic N) is 4.